The third kappa shape index (κ3) is 5.24. The van der Waals surface area contributed by atoms with Crippen molar-refractivity contribution in [2.45, 2.75) is 63.3 Å². The van der Waals surface area contributed by atoms with Gasteiger partial charge in [-0.2, -0.15) is 0 Å². The number of nitrogens with one attached hydrogen (secondary N) is 2. The molecule has 3 heterocycles. The molecule has 0 spiro atoms. The predicted molar refractivity (Wildman–Crippen MR) is 142 cm³/mol. The number of thiophene rings is 1. The highest BCUT2D eigenvalue weighted by Crippen LogP contribution is 2.33. The molecule has 7 nitrogen and oxygen atoms in total. The standard InChI is InChI=1S/C24H27N5O2S3/c1-6-17(19(30)25-24-29-28-21(34-24)13(4)5)33-23-26-20(31)18-16(11-32-22(18)27-23)15-9-7-14(8-10-15)12(2)3/h7-13,17H,6H2,1-5H3,(H,25,29,30)(H,26,27,31). The molecule has 0 fully saturated rings. The molecule has 1 atom stereocenters. The van der Waals surface area contributed by atoms with E-state index in [1.807, 2.05) is 26.2 Å². The SMILES string of the molecule is CCC(Sc1nc2scc(-c3ccc(C(C)C)cc3)c2c(=O)[nH]1)C(=O)Nc1nnc(C(C)C)s1. The molecule has 1 amide bonds. The van der Waals surface area contributed by atoms with Crippen molar-refractivity contribution >= 4 is 55.7 Å². The number of amides is 1. The Labute approximate surface area is 210 Å². The first-order valence-electron chi connectivity index (χ1n) is 11.2. The molecule has 2 N–H and O–H groups in total. The molecule has 0 bridgehead atoms. The van der Waals surface area contributed by atoms with E-state index in [-0.39, 0.29) is 17.4 Å². The van der Waals surface area contributed by atoms with Crippen LogP contribution in [0.2, 0.25) is 0 Å². The highest BCUT2D eigenvalue weighted by Gasteiger charge is 2.22. The minimum Gasteiger partial charge on any atom is -0.301 e. The number of hydrogen-bond donors (Lipinski definition) is 2. The zero-order chi connectivity index (χ0) is 24.4. The van der Waals surface area contributed by atoms with E-state index in [9.17, 15) is 9.59 Å². The van der Waals surface area contributed by atoms with Crippen LogP contribution < -0.4 is 10.9 Å². The van der Waals surface area contributed by atoms with Crippen molar-refractivity contribution in [3.05, 3.63) is 50.6 Å². The van der Waals surface area contributed by atoms with Gasteiger partial charge in [-0.15, -0.1) is 21.5 Å². The summed E-state index contributed by atoms with van der Waals surface area (Å²) < 4.78 is 0. The second-order valence-electron chi connectivity index (χ2n) is 8.58. The van der Waals surface area contributed by atoms with E-state index < -0.39 is 5.25 Å². The van der Waals surface area contributed by atoms with Crippen molar-refractivity contribution in [3.8, 4) is 11.1 Å². The summed E-state index contributed by atoms with van der Waals surface area (Å²) in [4.78, 5) is 34.0. The molecule has 10 heteroatoms. The van der Waals surface area contributed by atoms with Gasteiger partial charge >= 0.3 is 0 Å². The summed E-state index contributed by atoms with van der Waals surface area (Å²) in [5, 5.41) is 14.9. The fraction of sp³-hybridized carbons (Fsp3) is 0.375. The van der Waals surface area contributed by atoms with Gasteiger partial charge in [-0.3, -0.25) is 14.9 Å². The van der Waals surface area contributed by atoms with Crippen molar-refractivity contribution < 1.29 is 4.79 Å². The van der Waals surface area contributed by atoms with Crippen LogP contribution in [0.3, 0.4) is 0 Å². The van der Waals surface area contributed by atoms with Gasteiger partial charge in [0, 0.05) is 16.9 Å². The lowest BCUT2D eigenvalue weighted by atomic mass is 9.99. The van der Waals surface area contributed by atoms with Crippen LogP contribution in [0.4, 0.5) is 5.13 Å². The molecule has 0 aliphatic heterocycles. The Morgan fingerprint density at radius 2 is 1.85 bits per heavy atom. The number of thioether (sulfide) groups is 1. The molecule has 4 rings (SSSR count). The van der Waals surface area contributed by atoms with Crippen LogP contribution in [-0.2, 0) is 4.79 Å². The van der Waals surface area contributed by atoms with Gasteiger partial charge in [0.2, 0.25) is 11.0 Å². The maximum absolute atomic E-state index is 13.0. The molecule has 4 aromatic rings. The molecule has 1 aromatic carbocycles. The van der Waals surface area contributed by atoms with Crippen LogP contribution in [0, 0.1) is 0 Å². The van der Waals surface area contributed by atoms with Crippen LogP contribution in [0.1, 0.15) is 63.4 Å². The Bertz CT molecular complexity index is 1360. The third-order valence-corrected chi connectivity index (χ3v) is 8.65. The predicted octanol–water partition coefficient (Wildman–Crippen LogP) is 6.26. The van der Waals surface area contributed by atoms with E-state index in [2.05, 4.69) is 63.6 Å². The number of hydrogen-bond acceptors (Lipinski definition) is 8. The molecule has 0 saturated heterocycles. The summed E-state index contributed by atoms with van der Waals surface area (Å²) in [7, 11) is 0. The topological polar surface area (TPSA) is 101 Å². The van der Waals surface area contributed by atoms with Crippen molar-refractivity contribution in [2.24, 2.45) is 0 Å². The van der Waals surface area contributed by atoms with Gasteiger partial charge in [-0.1, -0.05) is 82.0 Å². The van der Waals surface area contributed by atoms with Crippen molar-refractivity contribution in [1.29, 1.82) is 0 Å². The van der Waals surface area contributed by atoms with Gasteiger partial charge in [0.25, 0.3) is 5.56 Å². The summed E-state index contributed by atoms with van der Waals surface area (Å²) in [6.45, 7) is 10.3. The molecule has 0 radical (unpaired) electrons. The van der Waals surface area contributed by atoms with E-state index in [1.165, 1.54) is 40.0 Å². The number of fused-ring (bicyclic) bond motifs is 1. The summed E-state index contributed by atoms with van der Waals surface area (Å²) in [5.41, 5.74) is 2.93. The first kappa shape index (κ1) is 24.6. The lowest BCUT2D eigenvalue weighted by Crippen LogP contribution is -2.25. The molecule has 0 saturated carbocycles. The van der Waals surface area contributed by atoms with Gasteiger partial charge in [-0.05, 0) is 23.5 Å². The number of H-pyrrole nitrogens is 1. The summed E-state index contributed by atoms with van der Waals surface area (Å²) >= 11 is 4.07. The van der Waals surface area contributed by atoms with Crippen LogP contribution in [0.15, 0.2) is 39.6 Å². The van der Waals surface area contributed by atoms with Crippen LogP contribution in [0.25, 0.3) is 21.3 Å². The van der Waals surface area contributed by atoms with Crippen LogP contribution in [-0.4, -0.2) is 31.3 Å². The second-order valence-corrected chi connectivity index (χ2v) is 11.6. The summed E-state index contributed by atoms with van der Waals surface area (Å²) in [6.07, 6.45) is 0.575. The van der Waals surface area contributed by atoms with E-state index >= 15 is 0 Å². The average molecular weight is 514 g/mol. The smallest absolute Gasteiger partial charge is 0.260 e. The number of aromatic nitrogens is 4. The Morgan fingerprint density at radius 1 is 1.12 bits per heavy atom. The highest BCUT2D eigenvalue weighted by atomic mass is 32.2. The van der Waals surface area contributed by atoms with Crippen LogP contribution in [0.5, 0.6) is 0 Å². The quantitative estimate of drug-likeness (QED) is 0.213. The zero-order valence-corrected chi connectivity index (χ0v) is 22.2. The Morgan fingerprint density at radius 3 is 2.47 bits per heavy atom. The van der Waals surface area contributed by atoms with Gasteiger partial charge in [0.05, 0.1) is 10.6 Å². The number of carbonyl (C=O) groups excluding carboxylic acids is 1. The fourth-order valence-corrected chi connectivity index (χ4v) is 6.06. The normalized spacial score (nSPS) is 12.6. The monoisotopic (exact) mass is 513 g/mol. The van der Waals surface area contributed by atoms with Crippen molar-refractivity contribution in [2.75, 3.05) is 5.32 Å². The summed E-state index contributed by atoms with van der Waals surface area (Å²) in [6, 6.07) is 8.30. The van der Waals surface area contributed by atoms with E-state index in [0.717, 1.165) is 16.1 Å². The zero-order valence-electron chi connectivity index (χ0n) is 19.7. The van der Waals surface area contributed by atoms with Gasteiger partial charge in [0.1, 0.15) is 9.84 Å². The maximum Gasteiger partial charge on any atom is 0.260 e. The van der Waals surface area contributed by atoms with Gasteiger partial charge in [0.15, 0.2) is 5.16 Å². The number of carbonyl (C=O) groups is 1. The molecule has 178 valence electrons. The minimum absolute atomic E-state index is 0.182. The molecule has 1 unspecified atom stereocenters. The largest absolute Gasteiger partial charge is 0.301 e. The molecule has 0 aliphatic rings. The lowest BCUT2D eigenvalue weighted by Gasteiger charge is -2.12. The molecular formula is C24H27N5O2S3. The Kier molecular flexibility index (Phi) is 7.49. The highest BCUT2D eigenvalue weighted by molar-refractivity contribution is 8.00. The van der Waals surface area contributed by atoms with Crippen molar-refractivity contribution in [3.63, 3.8) is 0 Å². The number of anilines is 1. The number of rotatable bonds is 8. The van der Waals surface area contributed by atoms with E-state index in [4.69, 9.17) is 0 Å². The maximum atomic E-state index is 13.0. The van der Waals surface area contributed by atoms with Gasteiger partial charge < -0.3 is 4.98 Å². The molecule has 0 aliphatic carbocycles. The summed E-state index contributed by atoms with van der Waals surface area (Å²) in [5.74, 6) is 0.522. The van der Waals surface area contributed by atoms with Crippen molar-refractivity contribution in [1.82, 2.24) is 20.2 Å². The lowest BCUT2D eigenvalue weighted by molar-refractivity contribution is -0.115. The number of aromatic amines is 1. The third-order valence-electron chi connectivity index (χ3n) is 5.39. The first-order chi connectivity index (χ1) is 16.3. The Hall–Kier alpha value is -2.56. The fourth-order valence-electron chi connectivity index (χ4n) is 3.41. The van der Waals surface area contributed by atoms with E-state index in [0.29, 0.717) is 32.8 Å². The minimum atomic E-state index is -0.421. The average Bonchev–Trinajstić information content (AvgIpc) is 3.45. The number of benzene rings is 1. The first-order valence-corrected chi connectivity index (χ1v) is 13.8. The molecule has 34 heavy (non-hydrogen) atoms. The van der Waals surface area contributed by atoms with Crippen LogP contribution >= 0.6 is 34.4 Å². The van der Waals surface area contributed by atoms with Gasteiger partial charge in [-0.25, -0.2) is 4.98 Å². The number of nitrogens with zero attached hydrogens (tertiary/aromatic N) is 3. The second kappa shape index (κ2) is 10.4. The molecule has 3 aromatic heterocycles. The Balaban J connectivity index is 1.55. The molecular weight excluding hydrogens is 486 g/mol. The van der Waals surface area contributed by atoms with E-state index in [1.54, 1.807) is 0 Å².